The maximum absolute atomic E-state index is 6.61. The van der Waals surface area contributed by atoms with Gasteiger partial charge >= 0.3 is 0 Å². The molecular weight excluding hydrogens is 295 g/mol. The number of hydrogen-bond donors (Lipinski definition) is 0. The van der Waals surface area contributed by atoms with Crippen molar-refractivity contribution in [2.75, 3.05) is 13.2 Å². The fraction of sp³-hybridized carbons (Fsp3) is 0.625. The molecule has 20 heavy (non-hydrogen) atoms. The Bertz CT molecular complexity index is 484. The van der Waals surface area contributed by atoms with E-state index in [9.17, 15) is 0 Å². The summed E-state index contributed by atoms with van der Waals surface area (Å²) in [4.78, 5) is 0. The molecule has 1 saturated carbocycles. The summed E-state index contributed by atoms with van der Waals surface area (Å²) in [6, 6.07) is 3.95. The first kappa shape index (κ1) is 14.5. The van der Waals surface area contributed by atoms with Crippen molar-refractivity contribution in [2.24, 2.45) is 5.92 Å². The van der Waals surface area contributed by atoms with Crippen LogP contribution in [0, 0.1) is 5.92 Å². The maximum Gasteiger partial charge on any atom is 0.127 e. The van der Waals surface area contributed by atoms with Crippen molar-refractivity contribution in [1.29, 1.82) is 0 Å². The number of benzene rings is 1. The van der Waals surface area contributed by atoms with Gasteiger partial charge in [-0.25, -0.2) is 0 Å². The average Bonchev–Trinajstić information content (AvgIpc) is 2.83. The zero-order valence-corrected chi connectivity index (χ0v) is 13.2. The quantitative estimate of drug-likeness (QED) is 0.729. The Morgan fingerprint density at radius 2 is 2.20 bits per heavy atom. The smallest absolute Gasteiger partial charge is 0.127 e. The first-order valence-corrected chi connectivity index (χ1v) is 8.19. The largest absolute Gasteiger partial charge is 0.493 e. The molecule has 3 rings (SSSR count). The summed E-state index contributed by atoms with van der Waals surface area (Å²) in [5.41, 5.74) is 2.26. The molecule has 0 bridgehead atoms. The summed E-state index contributed by atoms with van der Waals surface area (Å²) in [7, 11) is 0. The van der Waals surface area contributed by atoms with Crippen molar-refractivity contribution in [3.05, 3.63) is 28.3 Å². The van der Waals surface area contributed by atoms with Crippen LogP contribution in [0.2, 0.25) is 5.02 Å². The molecule has 0 radical (unpaired) electrons. The summed E-state index contributed by atoms with van der Waals surface area (Å²) >= 11 is 12.8. The fourth-order valence-electron chi connectivity index (χ4n) is 3.19. The van der Waals surface area contributed by atoms with Crippen molar-refractivity contribution >= 4 is 23.2 Å². The van der Waals surface area contributed by atoms with E-state index < -0.39 is 0 Å². The molecule has 4 heteroatoms. The van der Waals surface area contributed by atoms with Gasteiger partial charge in [0, 0.05) is 23.6 Å². The molecule has 1 aliphatic carbocycles. The van der Waals surface area contributed by atoms with Crippen molar-refractivity contribution in [3.63, 3.8) is 0 Å². The minimum absolute atomic E-state index is 0.0203. The molecule has 0 spiro atoms. The third kappa shape index (κ3) is 2.93. The Kier molecular flexibility index (Phi) is 4.44. The van der Waals surface area contributed by atoms with Crippen molar-refractivity contribution in [2.45, 2.75) is 44.1 Å². The molecule has 2 aliphatic rings. The van der Waals surface area contributed by atoms with Gasteiger partial charge in [-0.3, -0.25) is 0 Å². The highest BCUT2D eigenvalue weighted by Crippen LogP contribution is 2.44. The van der Waals surface area contributed by atoms with E-state index in [1.165, 1.54) is 5.56 Å². The topological polar surface area (TPSA) is 18.5 Å². The van der Waals surface area contributed by atoms with Crippen molar-refractivity contribution in [3.8, 4) is 5.75 Å². The van der Waals surface area contributed by atoms with Crippen LogP contribution in [-0.2, 0) is 11.2 Å². The Balaban J connectivity index is 1.65. The van der Waals surface area contributed by atoms with E-state index in [0.717, 1.165) is 55.2 Å². The third-order valence-corrected chi connectivity index (χ3v) is 4.88. The molecule has 0 N–H and O–H groups in total. The molecule has 2 nitrogen and oxygen atoms in total. The van der Waals surface area contributed by atoms with Crippen LogP contribution in [0.3, 0.4) is 0 Å². The summed E-state index contributed by atoms with van der Waals surface area (Å²) in [6.45, 7) is 3.59. The van der Waals surface area contributed by atoms with E-state index in [4.69, 9.17) is 32.7 Å². The lowest BCUT2D eigenvalue weighted by Crippen LogP contribution is -2.31. The molecule has 1 atom stereocenters. The monoisotopic (exact) mass is 314 g/mol. The first-order valence-electron chi connectivity index (χ1n) is 7.38. The van der Waals surface area contributed by atoms with Gasteiger partial charge < -0.3 is 9.47 Å². The second kappa shape index (κ2) is 6.13. The van der Waals surface area contributed by atoms with Crippen molar-refractivity contribution in [1.82, 2.24) is 0 Å². The Morgan fingerprint density at radius 1 is 1.40 bits per heavy atom. The normalized spacial score (nSPS) is 25.8. The molecule has 110 valence electrons. The summed E-state index contributed by atoms with van der Waals surface area (Å²) in [6.07, 6.45) is 4.60. The van der Waals surface area contributed by atoms with Crippen LogP contribution in [-0.4, -0.2) is 19.3 Å². The minimum Gasteiger partial charge on any atom is -0.493 e. The van der Waals surface area contributed by atoms with Crippen LogP contribution in [0.25, 0.3) is 0 Å². The van der Waals surface area contributed by atoms with Gasteiger partial charge in [-0.05, 0) is 49.8 Å². The predicted molar refractivity (Wildman–Crippen MR) is 82.0 cm³/mol. The van der Waals surface area contributed by atoms with Crippen LogP contribution in [0.5, 0.6) is 5.75 Å². The molecule has 1 heterocycles. The van der Waals surface area contributed by atoms with E-state index in [1.54, 1.807) is 0 Å². The van der Waals surface area contributed by atoms with Crippen LogP contribution in [0.15, 0.2) is 12.1 Å². The number of fused-ring (bicyclic) bond motifs is 1. The highest BCUT2D eigenvalue weighted by atomic mass is 35.5. The van der Waals surface area contributed by atoms with Crippen LogP contribution < -0.4 is 4.74 Å². The average molecular weight is 315 g/mol. The zero-order chi connectivity index (χ0) is 14.1. The van der Waals surface area contributed by atoms with E-state index >= 15 is 0 Å². The summed E-state index contributed by atoms with van der Waals surface area (Å²) < 4.78 is 11.3. The lowest BCUT2D eigenvalue weighted by Gasteiger charge is -2.36. The number of halogens is 2. The van der Waals surface area contributed by atoms with Crippen LogP contribution >= 0.6 is 23.2 Å². The van der Waals surface area contributed by atoms with E-state index in [1.807, 2.05) is 19.1 Å². The van der Waals surface area contributed by atoms with Crippen LogP contribution in [0.4, 0.5) is 0 Å². The third-order valence-electron chi connectivity index (χ3n) is 4.25. The maximum atomic E-state index is 6.61. The zero-order valence-electron chi connectivity index (χ0n) is 11.7. The highest BCUT2D eigenvalue weighted by molar-refractivity contribution is 6.31. The Hall–Kier alpha value is -0.440. The summed E-state index contributed by atoms with van der Waals surface area (Å²) in [5.74, 6) is 1.63. The standard InChI is InChI=1S/C16H20Cl2O2/c1-2-19-13-5-10(6-13)7-15(18)14-9-12(17)8-11-3-4-20-16(11)14/h8-10,13,15H,2-7H2,1H3. The van der Waals surface area contributed by atoms with Gasteiger partial charge in [-0.2, -0.15) is 0 Å². The van der Waals surface area contributed by atoms with Gasteiger partial charge in [-0.1, -0.05) is 11.6 Å². The number of rotatable bonds is 5. The molecular formula is C16H20Cl2O2. The number of alkyl halides is 1. The molecule has 1 aromatic carbocycles. The second-order valence-corrected chi connectivity index (χ2v) is 6.66. The van der Waals surface area contributed by atoms with E-state index in [-0.39, 0.29) is 5.38 Å². The SMILES string of the molecule is CCOC1CC(CC(Cl)c2cc(Cl)cc3c2OCC3)C1. The molecule has 0 aromatic heterocycles. The lowest BCUT2D eigenvalue weighted by atomic mass is 9.78. The van der Waals surface area contributed by atoms with Gasteiger partial charge in [0.15, 0.2) is 0 Å². The molecule has 1 aliphatic heterocycles. The van der Waals surface area contributed by atoms with Gasteiger partial charge in [0.05, 0.1) is 18.1 Å². The molecule has 1 unspecified atom stereocenters. The highest BCUT2D eigenvalue weighted by Gasteiger charge is 2.32. The van der Waals surface area contributed by atoms with Gasteiger partial charge in [0.25, 0.3) is 0 Å². The Labute approximate surface area is 130 Å². The number of ether oxygens (including phenoxy) is 2. The van der Waals surface area contributed by atoms with E-state index in [0.29, 0.717) is 12.0 Å². The molecule has 1 aromatic rings. The minimum atomic E-state index is -0.0203. The van der Waals surface area contributed by atoms with Crippen molar-refractivity contribution < 1.29 is 9.47 Å². The fourth-order valence-corrected chi connectivity index (χ4v) is 3.85. The predicted octanol–water partition coefficient (Wildman–Crippen LogP) is 4.76. The van der Waals surface area contributed by atoms with Gasteiger partial charge in [0.1, 0.15) is 5.75 Å². The number of hydrogen-bond acceptors (Lipinski definition) is 2. The molecule has 0 saturated heterocycles. The van der Waals surface area contributed by atoms with E-state index in [2.05, 4.69) is 0 Å². The van der Waals surface area contributed by atoms with Gasteiger partial charge in [-0.15, -0.1) is 11.6 Å². The summed E-state index contributed by atoms with van der Waals surface area (Å²) in [5, 5.41) is 0.740. The lowest BCUT2D eigenvalue weighted by molar-refractivity contribution is -0.0267. The molecule has 1 fully saturated rings. The Morgan fingerprint density at radius 3 is 2.95 bits per heavy atom. The second-order valence-electron chi connectivity index (χ2n) is 5.70. The van der Waals surface area contributed by atoms with Crippen LogP contribution in [0.1, 0.15) is 42.7 Å². The van der Waals surface area contributed by atoms with Gasteiger partial charge in [0.2, 0.25) is 0 Å². The first-order chi connectivity index (χ1) is 9.67. The molecule has 0 amide bonds.